The molecule has 3 aromatic rings. The standard InChI is InChI=1S/C21H21IP.I3/c1-16-10-4-7-13-19(16)23(22,20-14-8-5-11-17(20)2)21-15-9-6-12-18(21)3;1-3-2/h4-15H,1-3H3;/q+1;-1. The zero-order valence-electron chi connectivity index (χ0n) is 14.9. The summed E-state index contributed by atoms with van der Waals surface area (Å²) in [6.45, 7) is 6.71. The Bertz CT molecular complexity index is 753. The number of aryl methyl sites for hydroxylation is 3. The molecule has 3 aromatic carbocycles. The predicted molar refractivity (Wildman–Crippen MR) is 141 cm³/mol. The van der Waals surface area contributed by atoms with Crippen molar-refractivity contribution in [3.8, 4) is 0 Å². The Balaban J connectivity index is 0.000000758. The van der Waals surface area contributed by atoms with Crippen LogP contribution in [0.2, 0.25) is 0 Å². The van der Waals surface area contributed by atoms with Crippen molar-refractivity contribution >= 4 is 80.1 Å². The van der Waals surface area contributed by atoms with Gasteiger partial charge in [-0.3, -0.25) is 0 Å². The Morgan fingerprint density at radius 2 is 0.808 bits per heavy atom. The molecule has 0 spiro atoms. The molecule has 0 bridgehead atoms. The Labute approximate surface area is 200 Å². The van der Waals surface area contributed by atoms with Crippen LogP contribution >= 0.6 is 64.2 Å². The number of rotatable bonds is 3. The van der Waals surface area contributed by atoms with Gasteiger partial charge in [0.15, 0.2) is 26.9 Å². The van der Waals surface area contributed by atoms with Gasteiger partial charge in [-0.2, -0.15) is 0 Å². The second-order valence-electron chi connectivity index (χ2n) is 6.00. The van der Waals surface area contributed by atoms with Crippen LogP contribution in [0.3, 0.4) is 0 Å². The maximum absolute atomic E-state index is 2.76. The summed E-state index contributed by atoms with van der Waals surface area (Å²) in [5.41, 5.74) is 4.13. The van der Waals surface area contributed by atoms with E-state index in [0.29, 0.717) is 13.3 Å². The van der Waals surface area contributed by atoms with Gasteiger partial charge in [-0.25, -0.2) is 0 Å². The van der Waals surface area contributed by atoms with Crippen LogP contribution in [0, 0.1) is 20.8 Å². The van der Waals surface area contributed by atoms with E-state index in [1.54, 1.807) is 0 Å². The van der Waals surface area contributed by atoms with E-state index in [1.807, 2.05) is 0 Å². The van der Waals surface area contributed by atoms with Crippen LogP contribution in [0.15, 0.2) is 72.8 Å². The van der Waals surface area contributed by atoms with E-state index in [1.165, 1.54) is 32.6 Å². The number of benzene rings is 3. The van der Waals surface area contributed by atoms with Gasteiger partial charge < -0.3 is 0 Å². The van der Waals surface area contributed by atoms with Crippen molar-refractivity contribution in [1.82, 2.24) is 0 Å². The van der Waals surface area contributed by atoms with Crippen molar-refractivity contribution in [3.63, 3.8) is 0 Å². The molecule has 0 aromatic heterocycles. The molecule has 0 saturated carbocycles. The fourth-order valence-electron chi connectivity index (χ4n) is 3.12. The van der Waals surface area contributed by atoms with Crippen molar-refractivity contribution in [2.45, 2.75) is 20.8 Å². The molecule has 0 saturated heterocycles. The normalized spacial score (nSPS) is 11.0. The van der Waals surface area contributed by atoms with Gasteiger partial charge in [-0.05, 0) is 55.7 Å². The summed E-state index contributed by atoms with van der Waals surface area (Å²) >= 11 is 8.06. The van der Waals surface area contributed by atoms with E-state index in [0.717, 1.165) is 0 Å². The van der Waals surface area contributed by atoms with E-state index < -0.39 is 4.90 Å². The first-order valence-corrected chi connectivity index (χ1v) is 25.3. The quantitative estimate of drug-likeness (QED) is 0.277. The summed E-state index contributed by atoms with van der Waals surface area (Å²) < 4.78 is 0. The Kier molecular flexibility index (Phi) is 10.1. The Morgan fingerprint density at radius 3 is 1.04 bits per heavy atom. The maximum atomic E-state index is 2.76. The van der Waals surface area contributed by atoms with Crippen LogP contribution in [0.25, 0.3) is 0 Å². The summed E-state index contributed by atoms with van der Waals surface area (Å²) in [6, 6.07) is 26.6. The van der Waals surface area contributed by atoms with Gasteiger partial charge in [0.05, 0.1) is 0 Å². The minimum absolute atomic E-state index is 0.530. The molecule has 0 amide bonds. The zero-order valence-corrected chi connectivity index (χ0v) is 24.4. The zero-order chi connectivity index (χ0) is 19.2. The van der Waals surface area contributed by atoms with Gasteiger partial charge in [0.1, 0.15) is 15.9 Å². The van der Waals surface area contributed by atoms with Crippen molar-refractivity contribution in [3.05, 3.63) is 89.5 Å². The van der Waals surface area contributed by atoms with E-state index in [4.69, 9.17) is 0 Å². The van der Waals surface area contributed by atoms with Gasteiger partial charge in [-0.15, -0.1) is 0 Å². The molecule has 0 nitrogen and oxygen atoms in total. The Morgan fingerprint density at radius 1 is 0.577 bits per heavy atom. The molecule has 0 unspecified atom stereocenters. The number of hydrogen-bond donors (Lipinski definition) is 0. The molecular weight excluding hydrogens is 791 g/mol. The summed E-state index contributed by atoms with van der Waals surface area (Å²) in [7, 11) is 0. The fourth-order valence-corrected chi connectivity index (χ4v) is 11.3. The first-order chi connectivity index (χ1) is 12.5. The molecule has 0 aliphatic carbocycles. The van der Waals surface area contributed by atoms with Crippen molar-refractivity contribution in [2.75, 3.05) is 0 Å². The summed E-state index contributed by atoms with van der Waals surface area (Å²) in [6.07, 6.45) is 0. The topological polar surface area (TPSA) is 0 Å². The second-order valence-corrected chi connectivity index (χ2v) is 29.2. The molecule has 0 atom stereocenters. The minimum atomic E-state index is -1.67. The second kappa shape index (κ2) is 11.3. The average molecular weight is 812 g/mol. The molecule has 26 heavy (non-hydrogen) atoms. The molecule has 0 aliphatic rings. The van der Waals surface area contributed by atoms with E-state index in [9.17, 15) is 0 Å². The third-order valence-corrected chi connectivity index (χ3v) is 12.5. The molecule has 3 rings (SSSR count). The van der Waals surface area contributed by atoms with Crippen LogP contribution < -0.4 is 29.2 Å². The van der Waals surface area contributed by atoms with Gasteiger partial charge in [0.2, 0.25) is 0 Å². The number of halogens is 4. The first kappa shape index (κ1) is 23.3. The van der Waals surface area contributed by atoms with E-state index in [2.05, 4.69) is 153 Å². The van der Waals surface area contributed by atoms with Crippen molar-refractivity contribution in [1.29, 1.82) is 0 Å². The molecule has 0 radical (unpaired) electrons. The van der Waals surface area contributed by atoms with Crippen LogP contribution in [0.1, 0.15) is 16.7 Å². The summed E-state index contributed by atoms with van der Waals surface area (Å²) in [5, 5.41) is 4.43. The summed E-state index contributed by atoms with van der Waals surface area (Å²) in [4.78, 5) is -1.67. The van der Waals surface area contributed by atoms with Crippen molar-refractivity contribution < 1.29 is 13.3 Å². The van der Waals surface area contributed by atoms with Crippen LogP contribution in [-0.2, 0) is 0 Å². The van der Waals surface area contributed by atoms with Gasteiger partial charge in [0, 0.05) is 0 Å². The van der Waals surface area contributed by atoms with Gasteiger partial charge >= 0.3 is 50.5 Å². The van der Waals surface area contributed by atoms with E-state index >= 15 is 0 Å². The first-order valence-electron chi connectivity index (χ1n) is 8.11. The molecule has 5 heteroatoms. The molecule has 0 N–H and O–H groups in total. The molecule has 0 heterocycles. The molecule has 138 valence electrons. The van der Waals surface area contributed by atoms with Crippen LogP contribution in [0.4, 0.5) is 0 Å². The van der Waals surface area contributed by atoms with Crippen LogP contribution in [-0.4, -0.2) is 0 Å². The molecule has 0 aliphatic heterocycles. The third-order valence-electron chi connectivity index (χ3n) is 4.34. The monoisotopic (exact) mass is 812 g/mol. The van der Waals surface area contributed by atoms with Gasteiger partial charge in [0.25, 0.3) is 0 Å². The third kappa shape index (κ3) is 5.33. The van der Waals surface area contributed by atoms with Gasteiger partial charge in [-0.1, -0.05) is 54.6 Å². The fraction of sp³-hybridized carbons (Fsp3) is 0.143. The summed E-state index contributed by atoms with van der Waals surface area (Å²) in [5.74, 6) is 0. The average Bonchev–Trinajstić information content (AvgIpc) is 2.63. The molecule has 0 fully saturated rings. The molecular formula is C21H21I4P. The number of hydrogen-bond acceptors (Lipinski definition) is 0. The Hall–Kier alpha value is 1.01. The SMILES string of the molecule is Cc1ccccc1[P+](I)(c1ccccc1C)c1ccccc1C.I[I-]I. The van der Waals surface area contributed by atoms with E-state index in [-0.39, 0.29) is 0 Å². The van der Waals surface area contributed by atoms with Crippen LogP contribution in [0.5, 0.6) is 0 Å². The predicted octanol–water partition coefficient (Wildman–Crippen LogP) is 4.03. The van der Waals surface area contributed by atoms with Crippen molar-refractivity contribution in [2.24, 2.45) is 0 Å².